The Hall–Kier alpha value is 0.330. The van der Waals surface area contributed by atoms with Gasteiger partial charge in [-0.2, -0.15) is 8.78 Å². The highest BCUT2D eigenvalue weighted by atomic mass is 35.5. The normalized spacial score (nSPS) is 21.0. The first-order valence-electron chi connectivity index (χ1n) is 2.79. The maximum absolute atomic E-state index is 12.4. The number of halogens is 5. The van der Waals surface area contributed by atoms with Gasteiger partial charge in [-0.1, -0.05) is 0 Å². The van der Waals surface area contributed by atoms with Crippen LogP contribution >= 0.6 is 23.2 Å². The maximum Gasteiger partial charge on any atom is 0.353 e. The van der Waals surface area contributed by atoms with Gasteiger partial charge in [-0.15, -0.1) is 11.6 Å². The molecule has 0 amide bonds. The third kappa shape index (κ3) is 3.49. The van der Waals surface area contributed by atoms with Gasteiger partial charge in [0, 0.05) is 0 Å². The summed E-state index contributed by atoms with van der Waals surface area (Å²) in [5.74, 6) is 0. The summed E-state index contributed by atoms with van der Waals surface area (Å²) >= 11 is 9.38. The van der Waals surface area contributed by atoms with Crippen LogP contribution in [0.4, 0.5) is 13.2 Å². The van der Waals surface area contributed by atoms with Crippen molar-refractivity contribution in [2.45, 2.75) is 30.0 Å². The van der Waals surface area contributed by atoms with Crippen LogP contribution in [0, 0.1) is 0 Å². The Balaban J connectivity index is 4.13. The van der Waals surface area contributed by atoms with Crippen LogP contribution in [0.3, 0.4) is 0 Å². The van der Waals surface area contributed by atoms with Crippen molar-refractivity contribution in [2.75, 3.05) is 0 Å². The van der Waals surface area contributed by atoms with Gasteiger partial charge in [0.05, 0.1) is 11.5 Å². The lowest BCUT2D eigenvalue weighted by molar-refractivity contribution is -0.0123. The molecule has 0 aliphatic heterocycles. The SMILES string of the molecule is CC(O)C(Cl)C(F)C(F)(F)Cl. The highest BCUT2D eigenvalue weighted by Gasteiger charge is 2.44. The predicted molar refractivity (Wildman–Crippen MR) is 37.0 cm³/mol. The van der Waals surface area contributed by atoms with Crippen LogP contribution in [0.25, 0.3) is 0 Å². The summed E-state index contributed by atoms with van der Waals surface area (Å²) in [6.07, 6.45) is -4.11. The average Bonchev–Trinajstić information content (AvgIpc) is 1.82. The first-order valence-corrected chi connectivity index (χ1v) is 3.61. The fourth-order valence-corrected chi connectivity index (χ4v) is 0.784. The highest BCUT2D eigenvalue weighted by Crippen LogP contribution is 2.31. The van der Waals surface area contributed by atoms with Crippen LogP contribution in [0.2, 0.25) is 0 Å². The Morgan fingerprint density at radius 3 is 1.91 bits per heavy atom. The van der Waals surface area contributed by atoms with E-state index in [0.29, 0.717) is 0 Å². The predicted octanol–water partition coefficient (Wildman–Crippen LogP) is 2.14. The summed E-state index contributed by atoms with van der Waals surface area (Å²) in [5, 5.41) is 2.87. The molecule has 1 nitrogen and oxygen atoms in total. The van der Waals surface area contributed by atoms with Crippen molar-refractivity contribution in [2.24, 2.45) is 0 Å². The van der Waals surface area contributed by atoms with Gasteiger partial charge in [0.2, 0.25) is 0 Å². The second kappa shape index (κ2) is 3.83. The fraction of sp³-hybridized carbons (Fsp3) is 1.00. The molecule has 0 radical (unpaired) electrons. The number of rotatable bonds is 3. The van der Waals surface area contributed by atoms with Gasteiger partial charge in [-0.3, -0.25) is 0 Å². The molecular formula is C5H7Cl2F3O. The zero-order chi connectivity index (χ0) is 9.23. The summed E-state index contributed by atoms with van der Waals surface area (Å²) < 4.78 is 36.2. The molecule has 0 rings (SSSR count). The number of hydrogen-bond acceptors (Lipinski definition) is 1. The lowest BCUT2D eigenvalue weighted by atomic mass is 10.2. The first-order chi connectivity index (χ1) is 4.76. The molecular weight excluding hydrogens is 204 g/mol. The number of alkyl halides is 5. The number of aliphatic hydroxyl groups excluding tert-OH is 1. The smallest absolute Gasteiger partial charge is 0.353 e. The molecule has 0 aromatic rings. The molecule has 0 aliphatic carbocycles. The Labute approximate surface area is 72.1 Å². The van der Waals surface area contributed by atoms with E-state index in [1.54, 1.807) is 0 Å². The fourth-order valence-electron chi connectivity index (χ4n) is 0.425. The van der Waals surface area contributed by atoms with E-state index in [0.717, 1.165) is 6.92 Å². The van der Waals surface area contributed by atoms with E-state index in [2.05, 4.69) is 11.6 Å². The zero-order valence-corrected chi connectivity index (χ0v) is 7.08. The molecule has 0 heterocycles. The van der Waals surface area contributed by atoms with Crippen molar-refractivity contribution in [1.29, 1.82) is 0 Å². The quantitative estimate of drug-likeness (QED) is 0.709. The second-order valence-corrected chi connectivity index (χ2v) is 3.14. The summed E-state index contributed by atoms with van der Waals surface area (Å²) in [6.45, 7) is 1.10. The minimum atomic E-state index is -4.02. The number of hydrogen-bond donors (Lipinski definition) is 1. The molecule has 0 bridgehead atoms. The van der Waals surface area contributed by atoms with E-state index in [9.17, 15) is 13.2 Å². The number of aliphatic hydroxyl groups is 1. The third-order valence-corrected chi connectivity index (χ3v) is 1.85. The van der Waals surface area contributed by atoms with Gasteiger partial charge in [-0.05, 0) is 18.5 Å². The molecule has 11 heavy (non-hydrogen) atoms. The Morgan fingerprint density at radius 1 is 1.45 bits per heavy atom. The molecule has 0 aromatic heterocycles. The molecule has 0 spiro atoms. The third-order valence-electron chi connectivity index (χ3n) is 1.05. The zero-order valence-electron chi connectivity index (χ0n) is 5.57. The molecule has 1 N–H and O–H groups in total. The van der Waals surface area contributed by atoms with E-state index in [-0.39, 0.29) is 0 Å². The lowest BCUT2D eigenvalue weighted by Gasteiger charge is -2.20. The summed E-state index contributed by atoms with van der Waals surface area (Å²) in [7, 11) is 0. The molecule has 6 heteroatoms. The van der Waals surface area contributed by atoms with E-state index in [1.807, 2.05) is 0 Å². The van der Waals surface area contributed by atoms with E-state index in [1.165, 1.54) is 0 Å². The van der Waals surface area contributed by atoms with Crippen molar-refractivity contribution < 1.29 is 18.3 Å². The van der Waals surface area contributed by atoms with E-state index in [4.69, 9.17) is 16.7 Å². The van der Waals surface area contributed by atoms with Crippen molar-refractivity contribution >= 4 is 23.2 Å². The molecule has 3 unspecified atom stereocenters. The molecule has 0 aromatic carbocycles. The van der Waals surface area contributed by atoms with Gasteiger partial charge in [-0.25, -0.2) is 4.39 Å². The molecule has 0 aliphatic rings. The average molecular weight is 211 g/mol. The molecule has 68 valence electrons. The molecule has 0 fully saturated rings. The summed E-state index contributed by atoms with van der Waals surface area (Å²) in [6, 6.07) is 0. The lowest BCUT2D eigenvalue weighted by Crippen LogP contribution is -2.38. The van der Waals surface area contributed by atoms with Gasteiger partial charge >= 0.3 is 5.38 Å². The van der Waals surface area contributed by atoms with Gasteiger partial charge in [0.15, 0.2) is 6.17 Å². The Bertz CT molecular complexity index is 125. The minimum absolute atomic E-state index is 1.10. The first kappa shape index (κ1) is 11.3. The minimum Gasteiger partial charge on any atom is -0.392 e. The Kier molecular flexibility index (Phi) is 3.94. The van der Waals surface area contributed by atoms with Crippen molar-refractivity contribution in [3.8, 4) is 0 Å². The van der Waals surface area contributed by atoms with Gasteiger partial charge in [0.25, 0.3) is 0 Å². The monoisotopic (exact) mass is 210 g/mol. The largest absolute Gasteiger partial charge is 0.392 e. The van der Waals surface area contributed by atoms with E-state index >= 15 is 0 Å². The van der Waals surface area contributed by atoms with Crippen molar-refractivity contribution in [1.82, 2.24) is 0 Å². The van der Waals surface area contributed by atoms with Crippen LogP contribution in [0.15, 0.2) is 0 Å². The van der Waals surface area contributed by atoms with Crippen molar-refractivity contribution in [3.05, 3.63) is 0 Å². The maximum atomic E-state index is 12.4. The Morgan fingerprint density at radius 2 is 1.82 bits per heavy atom. The summed E-state index contributed by atoms with van der Waals surface area (Å²) in [4.78, 5) is 0. The van der Waals surface area contributed by atoms with Gasteiger partial charge in [0.1, 0.15) is 0 Å². The van der Waals surface area contributed by atoms with E-state index < -0.39 is 23.0 Å². The van der Waals surface area contributed by atoms with Crippen LogP contribution in [-0.4, -0.2) is 28.1 Å². The van der Waals surface area contributed by atoms with Crippen LogP contribution < -0.4 is 0 Å². The molecule has 0 saturated carbocycles. The van der Waals surface area contributed by atoms with Crippen LogP contribution in [-0.2, 0) is 0 Å². The topological polar surface area (TPSA) is 20.2 Å². The molecule has 3 atom stereocenters. The standard InChI is InChI=1S/C5H7Cl2F3O/c1-2(11)3(6)4(8)5(7,9)10/h2-4,11H,1H3. The summed E-state index contributed by atoms with van der Waals surface area (Å²) in [5.41, 5.74) is 0. The highest BCUT2D eigenvalue weighted by molar-refractivity contribution is 6.25. The second-order valence-electron chi connectivity index (χ2n) is 2.13. The van der Waals surface area contributed by atoms with Gasteiger partial charge < -0.3 is 5.11 Å². The molecule has 0 saturated heterocycles. The van der Waals surface area contributed by atoms with Crippen LogP contribution in [0.1, 0.15) is 6.92 Å². The van der Waals surface area contributed by atoms with Crippen LogP contribution in [0.5, 0.6) is 0 Å². The van der Waals surface area contributed by atoms with Crippen molar-refractivity contribution in [3.63, 3.8) is 0 Å².